The molecule has 0 aromatic heterocycles. The summed E-state index contributed by atoms with van der Waals surface area (Å²) < 4.78 is 23.2. The van der Waals surface area contributed by atoms with Crippen LogP contribution in [0.25, 0.3) is 0 Å². The zero-order valence-corrected chi connectivity index (χ0v) is 14.5. The lowest BCUT2D eigenvalue weighted by Crippen LogP contribution is -2.45. The van der Waals surface area contributed by atoms with Crippen LogP contribution < -0.4 is 5.32 Å². The first-order chi connectivity index (χ1) is 10.9. The molecule has 0 bridgehead atoms. The molecule has 7 heteroatoms. The maximum Gasteiger partial charge on any atom is 0.225 e. The van der Waals surface area contributed by atoms with Gasteiger partial charge in [-0.2, -0.15) is 0 Å². The minimum Gasteiger partial charge on any atom is -0.353 e. The van der Waals surface area contributed by atoms with E-state index in [2.05, 4.69) is 12.2 Å². The Balaban J connectivity index is 1.57. The second kappa shape index (κ2) is 6.42. The fourth-order valence-corrected chi connectivity index (χ4v) is 5.84. The molecule has 2 aliphatic heterocycles. The number of amides is 2. The Labute approximate surface area is 137 Å². The number of sulfone groups is 1. The summed E-state index contributed by atoms with van der Waals surface area (Å²) in [5.41, 5.74) is 0. The highest BCUT2D eigenvalue weighted by Gasteiger charge is 2.42. The first-order valence-electron chi connectivity index (χ1n) is 8.66. The van der Waals surface area contributed by atoms with Crippen LogP contribution in [0.4, 0.5) is 0 Å². The number of hydrogen-bond acceptors (Lipinski definition) is 4. The van der Waals surface area contributed by atoms with Gasteiger partial charge in [0.15, 0.2) is 9.84 Å². The van der Waals surface area contributed by atoms with Crippen molar-refractivity contribution in [2.75, 3.05) is 18.1 Å². The lowest BCUT2D eigenvalue weighted by molar-refractivity contribution is -0.130. The summed E-state index contributed by atoms with van der Waals surface area (Å²) in [5.74, 6) is 0.232. The largest absolute Gasteiger partial charge is 0.353 e. The van der Waals surface area contributed by atoms with Gasteiger partial charge in [0, 0.05) is 25.0 Å². The van der Waals surface area contributed by atoms with E-state index in [0.29, 0.717) is 18.9 Å². The second-order valence-corrected chi connectivity index (χ2v) is 9.61. The molecule has 3 aliphatic rings. The number of nitrogens with zero attached hydrogens (tertiary/aromatic N) is 1. The summed E-state index contributed by atoms with van der Waals surface area (Å²) in [4.78, 5) is 26.3. The molecule has 130 valence electrons. The Hall–Kier alpha value is -1.11. The van der Waals surface area contributed by atoms with Crippen molar-refractivity contribution in [3.05, 3.63) is 0 Å². The van der Waals surface area contributed by atoms with Crippen molar-refractivity contribution in [1.82, 2.24) is 10.2 Å². The molecule has 23 heavy (non-hydrogen) atoms. The smallest absolute Gasteiger partial charge is 0.225 e. The summed E-state index contributed by atoms with van der Waals surface area (Å²) in [6.07, 6.45) is 5.23. The van der Waals surface area contributed by atoms with Crippen LogP contribution >= 0.6 is 0 Å². The van der Waals surface area contributed by atoms with E-state index in [9.17, 15) is 18.0 Å². The molecule has 4 atom stereocenters. The molecule has 3 fully saturated rings. The average molecular weight is 342 g/mol. The summed E-state index contributed by atoms with van der Waals surface area (Å²) in [6.45, 7) is 2.53. The summed E-state index contributed by atoms with van der Waals surface area (Å²) in [5, 5.41) is 3.12. The van der Waals surface area contributed by atoms with Crippen LogP contribution in [0.5, 0.6) is 0 Å². The first kappa shape index (κ1) is 16.7. The fourth-order valence-electron chi connectivity index (χ4n) is 4.11. The standard InChI is InChI=1S/C16H26N2O4S/c1-11-4-2-3-5-14(11)17-16(20)12-8-15(19)18(9-12)13-6-7-23(21,22)10-13/h11-14H,2-10H2,1H3,(H,17,20). The van der Waals surface area contributed by atoms with Crippen molar-refractivity contribution in [2.24, 2.45) is 11.8 Å². The molecule has 1 N–H and O–H groups in total. The lowest BCUT2D eigenvalue weighted by atomic mass is 9.85. The number of hydrogen-bond donors (Lipinski definition) is 1. The zero-order chi connectivity index (χ0) is 16.6. The molecule has 0 spiro atoms. The van der Waals surface area contributed by atoms with Gasteiger partial charge in [-0.05, 0) is 25.2 Å². The first-order valence-corrected chi connectivity index (χ1v) is 10.5. The van der Waals surface area contributed by atoms with Crippen LogP contribution in [0.3, 0.4) is 0 Å². The Kier molecular flexibility index (Phi) is 4.67. The maximum atomic E-state index is 12.5. The molecule has 0 radical (unpaired) electrons. The Morgan fingerprint density at radius 2 is 1.96 bits per heavy atom. The zero-order valence-electron chi connectivity index (χ0n) is 13.7. The minimum atomic E-state index is -3.02. The van der Waals surface area contributed by atoms with Gasteiger partial charge in [-0.3, -0.25) is 9.59 Å². The van der Waals surface area contributed by atoms with Crippen molar-refractivity contribution in [1.29, 1.82) is 0 Å². The van der Waals surface area contributed by atoms with Crippen LogP contribution in [-0.4, -0.2) is 55.3 Å². The summed E-state index contributed by atoms with van der Waals surface area (Å²) in [7, 11) is -3.02. The quantitative estimate of drug-likeness (QED) is 0.819. The molecule has 6 nitrogen and oxygen atoms in total. The molecule has 1 aliphatic carbocycles. The number of likely N-dealkylation sites (tertiary alicyclic amines) is 1. The van der Waals surface area contributed by atoms with Crippen LogP contribution in [0.2, 0.25) is 0 Å². The molecule has 2 saturated heterocycles. The molecule has 2 heterocycles. The highest BCUT2D eigenvalue weighted by Crippen LogP contribution is 2.28. The predicted molar refractivity (Wildman–Crippen MR) is 86.4 cm³/mol. The van der Waals surface area contributed by atoms with E-state index in [1.807, 2.05) is 0 Å². The van der Waals surface area contributed by atoms with Gasteiger partial charge < -0.3 is 10.2 Å². The molecular weight excluding hydrogens is 316 g/mol. The second-order valence-electron chi connectivity index (χ2n) is 7.38. The predicted octanol–water partition coefficient (Wildman–Crippen LogP) is 0.717. The van der Waals surface area contributed by atoms with Crippen LogP contribution in [0.15, 0.2) is 0 Å². The van der Waals surface area contributed by atoms with E-state index in [1.54, 1.807) is 4.90 Å². The van der Waals surface area contributed by atoms with Gasteiger partial charge in [0.1, 0.15) is 0 Å². The number of carbonyl (C=O) groups excluding carboxylic acids is 2. The topological polar surface area (TPSA) is 83.6 Å². The normalized spacial score (nSPS) is 37.1. The summed E-state index contributed by atoms with van der Waals surface area (Å²) in [6, 6.07) is -0.0221. The number of carbonyl (C=O) groups is 2. The fraction of sp³-hybridized carbons (Fsp3) is 0.875. The maximum absolute atomic E-state index is 12.5. The van der Waals surface area contributed by atoms with Crippen molar-refractivity contribution < 1.29 is 18.0 Å². The van der Waals surface area contributed by atoms with Crippen molar-refractivity contribution in [3.8, 4) is 0 Å². The van der Waals surface area contributed by atoms with Gasteiger partial charge in [0.25, 0.3) is 0 Å². The van der Waals surface area contributed by atoms with E-state index in [1.165, 1.54) is 6.42 Å². The van der Waals surface area contributed by atoms with E-state index in [-0.39, 0.29) is 47.7 Å². The van der Waals surface area contributed by atoms with E-state index >= 15 is 0 Å². The number of nitrogens with one attached hydrogen (secondary N) is 1. The molecule has 4 unspecified atom stereocenters. The highest BCUT2D eigenvalue weighted by molar-refractivity contribution is 7.91. The molecule has 0 aromatic carbocycles. The molecule has 1 saturated carbocycles. The van der Waals surface area contributed by atoms with Crippen molar-refractivity contribution >= 4 is 21.7 Å². The Morgan fingerprint density at radius 3 is 2.61 bits per heavy atom. The monoisotopic (exact) mass is 342 g/mol. The number of rotatable bonds is 3. The van der Waals surface area contributed by atoms with Crippen molar-refractivity contribution in [2.45, 2.75) is 57.5 Å². The molecule has 2 amide bonds. The van der Waals surface area contributed by atoms with Crippen LogP contribution in [0, 0.1) is 11.8 Å². The van der Waals surface area contributed by atoms with Crippen LogP contribution in [0.1, 0.15) is 45.4 Å². The SMILES string of the molecule is CC1CCCCC1NC(=O)C1CC(=O)N(C2CCS(=O)(=O)C2)C1. The van der Waals surface area contributed by atoms with E-state index < -0.39 is 9.84 Å². The Morgan fingerprint density at radius 1 is 1.22 bits per heavy atom. The third-order valence-corrected chi connectivity index (χ3v) is 7.37. The Bertz CT molecular complexity index is 589. The summed E-state index contributed by atoms with van der Waals surface area (Å²) >= 11 is 0. The van der Waals surface area contributed by atoms with Gasteiger partial charge >= 0.3 is 0 Å². The van der Waals surface area contributed by atoms with Gasteiger partial charge in [-0.25, -0.2) is 8.42 Å². The van der Waals surface area contributed by atoms with Gasteiger partial charge in [-0.1, -0.05) is 19.8 Å². The minimum absolute atomic E-state index is 0.0412. The highest BCUT2D eigenvalue weighted by atomic mass is 32.2. The van der Waals surface area contributed by atoms with E-state index in [4.69, 9.17) is 0 Å². The molecule has 0 aromatic rings. The van der Waals surface area contributed by atoms with Crippen LogP contribution in [-0.2, 0) is 19.4 Å². The lowest BCUT2D eigenvalue weighted by Gasteiger charge is -2.30. The van der Waals surface area contributed by atoms with E-state index in [0.717, 1.165) is 19.3 Å². The third kappa shape index (κ3) is 3.70. The van der Waals surface area contributed by atoms with Gasteiger partial charge in [0.2, 0.25) is 11.8 Å². The van der Waals surface area contributed by atoms with Gasteiger partial charge in [-0.15, -0.1) is 0 Å². The van der Waals surface area contributed by atoms with Crippen molar-refractivity contribution in [3.63, 3.8) is 0 Å². The van der Waals surface area contributed by atoms with Gasteiger partial charge in [0.05, 0.1) is 17.4 Å². The molecular formula is C16H26N2O4S. The average Bonchev–Trinajstić information content (AvgIpc) is 3.04. The molecule has 3 rings (SSSR count). The third-order valence-electron chi connectivity index (χ3n) is 5.62.